The van der Waals surface area contributed by atoms with E-state index in [0.29, 0.717) is 6.54 Å². The number of carbonyl (C=O) groups excluding carboxylic acids is 1. The van der Waals surface area contributed by atoms with Gasteiger partial charge in [0.05, 0.1) is 6.42 Å². The highest BCUT2D eigenvalue weighted by molar-refractivity contribution is 5.78. The van der Waals surface area contributed by atoms with Crippen LogP contribution in [-0.2, 0) is 11.2 Å². The molecule has 0 heterocycles. The maximum Gasteiger partial charge on any atom is 0.224 e. The van der Waals surface area contributed by atoms with Crippen LogP contribution in [0.3, 0.4) is 0 Å². The maximum atomic E-state index is 11.6. The zero-order chi connectivity index (χ0) is 13.4. The number of phenolic OH excluding ortho intramolecular Hbond substituents is 1. The molecule has 0 radical (unpaired) electrons. The van der Waals surface area contributed by atoms with E-state index in [-0.39, 0.29) is 30.6 Å². The van der Waals surface area contributed by atoms with Crippen molar-refractivity contribution in [1.29, 1.82) is 0 Å². The van der Waals surface area contributed by atoms with Gasteiger partial charge in [-0.3, -0.25) is 4.79 Å². The Labute approximate surface area is 108 Å². The quantitative estimate of drug-likeness (QED) is 0.643. The molecule has 0 saturated heterocycles. The molecule has 3 N–H and O–H groups in total. The Morgan fingerprint density at radius 3 is 2.89 bits per heavy atom. The highest BCUT2D eigenvalue weighted by atomic mass is 16.3. The zero-order valence-electron chi connectivity index (χ0n) is 10.7. The summed E-state index contributed by atoms with van der Waals surface area (Å²) in [6.07, 6.45) is 2.06. The molecule has 0 aliphatic carbocycles. The Morgan fingerprint density at radius 2 is 2.22 bits per heavy atom. The number of amides is 1. The van der Waals surface area contributed by atoms with Crippen molar-refractivity contribution in [2.24, 2.45) is 5.92 Å². The number of hydrogen-bond donors (Lipinski definition) is 3. The second-order valence-electron chi connectivity index (χ2n) is 4.63. The van der Waals surface area contributed by atoms with Crippen LogP contribution in [0.2, 0.25) is 0 Å². The van der Waals surface area contributed by atoms with E-state index in [9.17, 15) is 9.90 Å². The predicted octanol–water partition coefficient (Wildman–Crippen LogP) is 1.46. The van der Waals surface area contributed by atoms with Crippen molar-refractivity contribution in [3.05, 3.63) is 29.8 Å². The fraction of sp³-hybridized carbons (Fsp3) is 0.500. The third-order valence-corrected chi connectivity index (χ3v) is 2.78. The molecule has 0 aromatic heterocycles. The van der Waals surface area contributed by atoms with Gasteiger partial charge >= 0.3 is 0 Å². The first kappa shape index (κ1) is 14.5. The monoisotopic (exact) mass is 251 g/mol. The van der Waals surface area contributed by atoms with Crippen molar-refractivity contribution in [2.45, 2.75) is 26.2 Å². The van der Waals surface area contributed by atoms with Crippen LogP contribution >= 0.6 is 0 Å². The normalized spacial score (nSPS) is 12.1. The number of phenols is 1. The first-order valence-electron chi connectivity index (χ1n) is 6.27. The van der Waals surface area contributed by atoms with Gasteiger partial charge in [-0.05, 0) is 36.5 Å². The molecule has 1 unspecified atom stereocenters. The third-order valence-electron chi connectivity index (χ3n) is 2.78. The standard InChI is InChI=1S/C14H21NO3/c1-11(10-16)4-3-7-15-14(18)9-12-5-2-6-13(17)8-12/h2,5-6,8,11,16-17H,3-4,7,9-10H2,1H3,(H,15,18). The Morgan fingerprint density at radius 1 is 1.44 bits per heavy atom. The molecule has 0 aliphatic rings. The Bertz CT molecular complexity index is 379. The smallest absolute Gasteiger partial charge is 0.224 e. The summed E-state index contributed by atoms with van der Waals surface area (Å²) in [6, 6.07) is 6.71. The van der Waals surface area contributed by atoms with Gasteiger partial charge in [-0.15, -0.1) is 0 Å². The van der Waals surface area contributed by atoms with Gasteiger partial charge in [0.15, 0.2) is 0 Å². The van der Waals surface area contributed by atoms with Crippen LogP contribution in [0, 0.1) is 5.92 Å². The van der Waals surface area contributed by atoms with E-state index < -0.39 is 0 Å². The molecular weight excluding hydrogens is 230 g/mol. The Balaban J connectivity index is 2.22. The van der Waals surface area contributed by atoms with Gasteiger partial charge in [-0.1, -0.05) is 19.1 Å². The predicted molar refractivity (Wildman–Crippen MR) is 70.3 cm³/mol. The lowest BCUT2D eigenvalue weighted by Crippen LogP contribution is -2.26. The van der Waals surface area contributed by atoms with E-state index in [4.69, 9.17) is 5.11 Å². The van der Waals surface area contributed by atoms with Crippen molar-refractivity contribution in [1.82, 2.24) is 5.32 Å². The summed E-state index contributed by atoms with van der Waals surface area (Å²) in [7, 11) is 0. The van der Waals surface area contributed by atoms with Crippen LogP contribution in [0.15, 0.2) is 24.3 Å². The van der Waals surface area contributed by atoms with E-state index in [1.54, 1.807) is 18.2 Å². The average Bonchev–Trinajstić information content (AvgIpc) is 2.34. The van der Waals surface area contributed by atoms with E-state index in [1.807, 2.05) is 13.0 Å². The van der Waals surface area contributed by atoms with Gasteiger partial charge in [0.2, 0.25) is 5.91 Å². The van der Waals surface area contributed by atoms with Crippen LogP contribution in [-0.4, -0.2) is 29.3 Å². The van der Waals surface area contributed by atoms with Crippen LogP contribution in [0.1, 0.15) is 25.3 Å². The summed E-state index contributed by atoms with van der Waals surface area (Å²) >= 11 is 0. The lowest BCUT2D eigenvalue weighted by molar-refractivity contribution is -0.120. The van der Waals surface area contributed by atoms with E-state index in [0.717, 1.165) is 18.4 Å². The third kappa shape index (κ3) is 5.68. The minimum Gasteiger partial charge on any atom is -0.508 e. The largest absolute Gasteiger partial charge is 0.508 e. The number of aliphatic hydroxyl groups excluding tert-OH is 1. The fourth-order valence-electron chi connectivity index (χ4n) is 1.68. The highest BCUT2D eigenvalue weighted by Gasteiger charge is 2.04. The molecule has 0 spiro atoms. The van der Waals surface area contributed by atoms with Gasteiger partial charge in [-0.2, -0.15) is 0 Å². The van der Waals surface area contributed by atoms with Gasteiger partial charge < -0.3 is 15.5 Å². The van der Waals surface area contributed by atoms with Crippen LogP contribution in [0.25, 0.3) is 0 Å². The molecule has 1 atom stereocenters. The van der Waals surface area contributed by atoms with Crippen molar-refractivity contribution in [3.8, 4) is 5.75 Å². The van der Waals surface area contributed by atoms with E-state index in [2.05, 4.69) is 5.32 Å². The zero-order valence-corrected chi connectivity index (χ0v) is 10.7. The van der Waals surface area contributed by atoms with Gasteiger partial charge in [0, 0.05) is 13.2 Å². The van der Waals surface area contributed by atoms with Crippen molar-refractivity contribution in [3.63, 3.8) is 0 Å². The summed E-state index contributed by atoms with van der Waals surface area (Å²) in [5.74, 6) is 0.419. The molecular formula is C14H21NO3. The molecule has 1 rings (SSSR count). The minimum atomic E-state index is -0.0442. The number of benzene rings is 1. The maximum absolute atomic E-state index is 11.6. The first-order chi connectivity index (χ1) is 8.61. The SMILES string of the molecule is CC(CO)CCCNC(=O)Cc1cccc(O)c1. The molecule has 100 valence electrons. The van der Waals surface area contributed by atoms with Crippen molar-refractivity contribution >= 4 is 5.91 Å². The van der Waals surface area contributed by atoms with Crippen LogP contribution in [0.4, 0.5) is 0 Å². The second kappa shape index (κ2) is 7.71. The lowest BCUT2D eigenvalue weighted by atomic mass is 10.1. The molecule has 4 heteroatoms. The number of carbonyl (C=O) groups is 1. The number of aliphatic hydroxyl groups is 1. The molecule has 0 saturated carbocycles. The summed E-state index contributed by atoms with van der Waals surface area (Å²) in [6.45, 7) is 2.80. The van der Waals surface area contributed by atoms with E-state index >= 15 is 0 Å². The molecule has 0 bridgehead atoms. The van der Waals surface area contributed by atoms with Gasteiger partial charge in [-0.25, -0.2) is 0 Å². The van der Waals surface area contributed by atoms with Gasteiger partial charge in [0.25, 0.3) is 0 Å². The number of hydrogen-bond acceptors (Lipinski definition) is 3. The average molecular weight is 251 g/mol. The summed E-state index contributed by atoms with van der Waals surface area (Å²) in [5.41, 5.74) is 0.802. The Hall–Kier alpha value is -1.55. The molecule has 0 aliphatic heterocycles. The second-order valence-corrected chi connectivity index (χ2v) is 4.63. The topological polar surface area (TPSA) is 69.6 Å². The number of nitrogens with one attached hydrogen (secondary N) is 1. The first-order valence-corrected chi connectivity index (χ1v) is 6.27. The van der Waals surface area contributed by atoms with Crippen LogP contribution < -0.4 is 5.32 Å². The summed E-state index contributed by atoms with van der Waals surface area (Å²) in [5, 5.41) is 21.0. The molecule has 1 aromatic rings. The van der Waals surface area contributed by atoms with E-state index in [1.165, 1.54) is 0 Å². The lowest BCUT2D eigenvalue weighted by Gasteiger charge is -2.08. The van der Waals surface area contributed by atoms with Crippen LogP contribution in [0.5, 0.6) is 5.75 Å². The Kier molecular flexibility index (Phi) is 6.22. The fourth-order valence-corrected chi connectivity index (χ4v) is 1.68. The van der Waals surface area contributed by atoms with Crippen molar-refractivity contribution in [2.75, 3.05) is 13.2 Å². The summed E-state index contributed by atoms with van der Waals surface area (Å²) < 4.78 is 0. The molecule has 0 fully saturated rings. The minimum absolute atomic E-state index is 0.0442. The number of rotatable bonds is 7. The molecule has 18 heavy (non-hydrogen) atoms. The van der Waals surface area contributed by atoms with Gasteiger partial charge in [0.1, 0.15) is 5.75 Å². The van der Waals surface area contributed by atoms with Crippen molar-refractivity contribution < 1.29 is 15.0 Å². The highest BCUT2D eigenvalue weighted by Crippen LogP contribution is 2.11. The molecule has 1 aromatic carbocycles. The molecule has 4 nitrogen and oxygen atoms in total. The molecule has 1 amide bonds. The number of aromatic hydroxyl groups is 1. The summed E-state index contributed by atoms with van der Waals surface area (Å²) in [4.78, 5) is 11.6.